The van der Waals surface area contributed by atoms with Crippen LogP contribution in [0.3, 0.4) is 0 Å². The quantitative estimate of drug-likeness (QED) is 0.236. The maximum Gasteiger partial charge on any atom is 0.411 e. The second kappa shape index (κ2) is 12.8. The molecule has 2 aromatic heterocycles. The van der Waals surface area contributed by atoms with Gasteiger partial charge in [0.1, 0.15) is 11.5 Å². The van der Waals surface area contributed by atoms with Gasteiger partial charge >= 0.3 is 6.09 Å². The molecule has 0 aliphatic carbocycles. The summed E-state index contributed by atoms with van der Waals surface area (Å²) in [5.74, 6) is -2.49. The average Bonchev–Trinajstić information content (AvgIpc) is 3.38. The van der Waals surface area contributed by atoms with E-state index in [-0.39, 0.29) is 27.7 Å². The number of nitrogens with one attached hydrogen (secondary N) is 3. The summed E-state index contributed by atoms with van der Waals surface area (Å²) >= 11 is 5.94. The monoisotopic (exact) mass is 622 g/mol. The van der Waals surface area contributed by atoms with E-state index in [0.717, 1.165) is 6.20 Å². The van der Waals surface area contributed by atoms with Crippen molar-refractivity contribution >= 4 is 40.9 Å². The predicted octanol–water partition coefficient (Wildman–Crippen LogP) is 6.58. The van der Waals surface area contributed by atoms with E-state index in [4.69, 9.17) is 11.6 Å². The Kier molecular flexibility index (Phi) is 8.91. The number of amides is 3. The molecule has 0 saturated heterocycles. The molecule has 4 aromatic rings. The lowest BCUT2D eigenvalue weighted by molar-refractivity contribution is -0.119. The molecular weight excluding hydrogens is 594 g/mol. The van der Waals surface area contributed by atoms with E-state index in [1.807, 2.05) is 0 Å². The van der Waals surface area contributed by atoms with Crippen molar-refractivity contribution in [2.24, 2.45) is 5.92 Å². The average molecular weight is 623 g/mol. The lowest BCUT2D eigenvalue weighted by Crippen LogP contribution is -2.30. The van der Waals surface area contributed by atoms with Crippen LogP contribution < -0.4 is 16.0 Å². The Balaban J connectivity index is 1.51. The highest BCUT2D eigenvalue weighted by Gasteiger charge is 2.26. The van der Waals surface area contributed by atoms with E-state index < -0.39 is 35.6 Å². The van der Waals surface area contributed by atoms with E-state index in [1.165, 1.54) is 36.2 Å². The van der Waals surface area contributed by atoms with Crippen LogP contribution in [0.25, 0.3) is 16.9 Å². The first-order valence-electron chi connectivity index (χ1n) is 13.8. The molecular formula is C31H29ClF2N6O4. The molecule has 3 amide bonds. The maximum atomic E-state index is 15.4. The van der Waals surface area contributed by atoms with Crippen molar-refractivity contribution in [3.8, 4) is 16.9 Å². The maximum absolute atomic E-state index is 15.4. The number of carbonyl (C=O) groups is 3. The highest BCUT2D eigenvalue weighted by molar-refractivity contribution is 6.30. The number of aromatic nitrogens is 3. The summed E-state index contributed by atoms with van der Waals surface area (Å²) in [5, 5.41) is 12.5. The number of benzene rings is 2. The van der Waals surface area contributed by atoms with Gasteiger partial charge in [0.2, 0.25) is 5.91 Å². The van der Waals surface area contributed by atoms with Crippen LogP contribution in [0.5, 0.6) is 0 Å². The minimum Gasteiger partial charge on any atom is -0.453 e. The number of pyridine rings is 1. The highest BCUT2D eigenvalue weighted by atomic mass is 35.5. The molecule has 2 aromatic carbocycles. The van der Waals surface area contributed by atoms with E-state index in [0.29, 0.717) is 47.6 Å². The highest BCUT2D eigenvalue weighted by Crippen LogP contribution is 2.34. The summed E-state index contributed by atoms with van der Waals surface area (Å²) in [6.45, 7) is 3.39. The molecule has 0 fully saturated rings. The zero-order valence-electron chi connectivity index (χ0n) is 24.1. The number of rotatable bonds is 4. The first-order valence-corrected chi connectivity index (χ1v) is 14.2. The molecule has 0 saturated carbocycles. The van der Waals surface area contributed by atoms with Crippen LogP contribution in [0.2, 0.25) is 5.02 Å². The number of hydrogen-bond acceptors (Lipinski definition) is 6. The Bertz CT molecular complexity index is 1760. The summed E-state index contributed by atoms with van der Waals surface area (Å²) in [7, 11) is 1.23. The Labute approximate surface area is 256 Å². The number of hydrogen-bond donors (Lipinski definition) is 3. The van der Waals surface area contributed by atoms with Crippen molar-refractivity contribution in [3.63, 3.8) is 0 Å². The van der Waals surface area contributed by atoms with Crippen LogP contribution in [-0.2, 0) is 9.53 Å². The molecule has 2 atom stereocenters. The van der Waals surface area contributed by atoms with Gasteiger partial charge in [-0.05, 0) is 56.2 Å². The molecule has 1 aliphatic heterocycles. The normalized spacial score (nSPS) is 16.5. The van der Waals surface area contributed by atoms with Crippen LogP contribution >= 0.6 is 11.6 Å². The van der Waals surface area contributed by atoms with Gasteiger partial charge in [0, 0.05) is 22.7 Å². The van der Waals surface area contributed by atoms with Gasteiger partial charge in [-0.15, -0.1) is 0 Å². The summed E-state index contributed by atoms with van der Waals surface area (Å²) in [6, 6.07) is 10.0. The van der Waals surface area contributed by atoms with Crippen molar-refractivity contribution in [2.75, 3.05) is 17.7 Å². The number of fused-ring (bicyclic) bond motifs is 4. The summed E-state index contributed by atoms with van der Waals surface area (Å²) in [4.78, 5) is 42.7. The van der Waals surface area contributed by atoms with Gasteiger partial charge in [0.15, 0.2) is 5.82 Å². The molecule has 44 heavy (non-hydrogen) atoms. The van der Waals surface area contributed by atoms with Gasteiger partial charge in [-0.25, -0.2) is 18.3 Å². The molecule has 228 valence electrons. The number of anilines is 2. The summed E-state index contributed by atoms with van der Waals surface area (Å²) < 4.78 is 36.0. The van der Waals surface area contributed by atoms with E-state index in [1.54, 1.807) is 38.1 Å². The van der Waals surface area contributed by atoms with Gasteiger partial charge in [-0.3, -0.25) is 19.9 Å². The van der Waals surface area contributed by atoms with Crippen LogP contribution in [0.15, 0.2) is 54.9 Å². The number of nitrogens with zero attached hydrogens (tertiary/aromatic N) is 3. The SMILES string of the molecule is COC(=O)Nc1ccc2c(c1)NC(=O)[C@H](C)CCC[C@@H](NC(=O)c1cnn(-c3cccc(Cl)c3F)c1C)c1cc-2ncc1F. The molecule has 0 radical (unpaired) electrons. The topological polar surface area (TPSA) is 127 Å². The van der Waals surface area contributed by atoms with Crippen molar-refractivity contribution in [1.29, 1.82) is 0 Å². The number of carbonyl (C=O) groups excluding carboxylic acids is 3. The molecule has 1 aliphatic rings. The molecule has 10 nitrogen and oxygen atoms in total. The largest absolute Gasteiger partial charge is 0.453 e. The molecule has 5 rings (SSSR count). The van der Waals surface area contributed by atoms with E-state index >= 15 is 4.39 Å². The number of halogens is 3. The van der Waals surface area contributed by atoms with Gasteiger partial charge in [-0.1, -0.05) is 31.0 Å². The fourth-order valence-electron chi connectivity index (χ4n) is 5.07. The van der Waals surface area contributed by atoms with E-state index in [9.17, 15) is 18.8 Å². The van der Waals surface area contributed by atoms with Gasteiger partial charge < -0.3 is 15.4 Å². The molecule has 13 heteroatoms. The summed E-state index contributed by atoms with van der Waals surface area (Å²) in [6.07, 6.45) is 2.97. The third-order valence-electron chi connectivity index (χ3n) is 7.54. The smallest absolute Gasteiger partial charge is 0.411 e. The van der Waals surface area contributed by atoms with Crippen molar-refractivity contribution in [3.05, 3.63) is 88.3 Å². The molecule has 3 N–H and O–H groups in total. The van der Waals surface area contributed by atoms with Gasteiger partial charge in [0.05, 0.1) is 53.2 Å². The fraction of sp³-hybridized carbons (Fsp3) is 0.258. The van der Waals surface area contributed by atoms with Crippen LogP contribution in [0.4, 0.5) is 25.0 Å². The van der Waals surface area contributed by atoms with Crippen LogP contribution in [-0.4, -0.2) is 39.8 Å². The number of ether oxygens (including phenoxy) is 1. The zero-order valence-corrected chi connectivity index (χ0v) is 24.8. The third kappa shape index (κ3) is 6.25. The second-order valence-electron chi connectivity index (χ2n) is 10.4. The van der Waals surface area contributed by atoms with Gasteiger partial charge in [0.25, 0.3) is 5.91 Å². The lowest BCUT2D eigenvalue weighted by atomic mass is 9.94. The van der Waals surface area contributed by atoms with Crippen molar-refractivity contribution in [1.82, 2.24) is 20.1 Å². The standard InChI is InChI=1S/C31H29ClF2N6O4/c1-16-6-4-8-24(38-30(42)21-14-36-40(17(21)2)27-9-5-7-22(32)28(27)34)20-13-25(35-15-23(20)33)19-11-10-18(37-31(43)44-3)12-26(19)39-29(16)41/h5,7,9-16,24H,4,6,8H2,1-3H3,(H,37,43)(H,38,42)(H,39,41)/t16-,24-/m1/s1. The fourth-order valence-corrected chi connectivity index (χ4v) is 5.24. The first-order chi connectivity index (χ1) is 21.1. The molecule has 3 heterocycles. The Morgan fingerprint density at radius 3 is 2.70 bits per heavy atom. The molecule has 0 spiro atoms. The first kappa shape index (κ1) is 30.6. The zero-order chi connectivity index (χ0) is 31.5. The second-order valence-corrected chi connectivity index (χ2v) is 10.9. The predicted molar refractivity (Wildman–Crippen MR) is 161 cm³/mol. The Hall–Kier alpha value is -4.84. The van der Waals surface area contributed by atoms with Crippen LogP contribution in [0, 0.1) is 24.5 Å². The van der Waals surface area contributed by atoms with E-state index in [2.05, 4.69) is 30.8 Å². The third-order valence-corrected chi connectivity index (χ3v) is 7.83. The Morgan fingerprint density at radius 1 is 1.14 bits per heavy atom. The van der Waals surface area contributed by atoms with Crippen molar-refractivity contribution in [2.45, 2.75) is 39.2 Å². The minimum atomic E-state index is -0.784. The minimum absolute atomic E-state index is 0.0824. The lowest BCUT2D eigenvalue weighted by Gasteiger charge is -2.23. The van der Waals surface area contributed by atoms with Crippen LogP contribution in [0.1, 0.15) is 53.8 Å². The van der Waals surface area contributed by atoms with Gasteiger partial charge in [-0.2, -0.15) is 5.10 Å². The summed E-state index contributed by atoms with van der Waals surface area (Å²) in [5.41, 5.74) is 2.38. The Morgan fingerprint density at radius 2 is 1.93 bits per heavy atom. The number of methoxy groups -OCH3 is 1. The molecule has 2 bridgehead atoms. The molecule has 0 unspecified atom stereocenters. The van der Waals surface area contributed by atoms with Crippen molar-refractivity contribution < 1.29 is 27.9 Å².